The molecule has 0 aromatic carbocycles. The molecular weight excluding hydrogens is 178 g/mol. The van der Waals surface area contributed by atoms with E-state index in [-0.39, 0.29) is 11.7 Å². The summed E-state index contributed by atoms with van der Waals surface area (Å²) in [6, 6.07) is 0. The van der Waals surface area contributed by atoms with E-state index >= 15 is 0 Å². The van der Waals surface area contributed by atoms with Crippen LogP contribution in [0.15, 0.2) is 0 Å². The van der Waals surface area contributed by atoms with Gasteiger partial charge in [-0.3, -0.25) is 9.00 Å². The van der Waals surface area contributed by atoms with Crippen LogP contribution in [0.5, 0.6) is 0 Å². The number of hydrogen-bond acceptors (Lipinski definition) is 3. The Hall–Kier alpha value is -0.260. The van der Waals surface area contributed by atoms with Crippen molar-refractivity contribution in [1.29, 1.82) is 0 Å². The first-order valence-corrected chi connectivity index (χ1v) is 4.99. The molecular formula is C7H12NO3S-. The number of carbonyl (C=O) groups is 1. The highest BCUT2D eigenvalue weighted by Crippen LogP contribution is 2.17. The van der Waals surface area contributed by atoms with Crippen molar-refractivity contribution < 1.29 is 13.6 Å². The van der Waals surface area contributed by atoms with Crippen LogP contribution in [-0.2, 0) is 16.1 Å². The summed E-state index contributed by atoms with van der Waals surface area (Å²) < 4.78 is 22.4. The van der Waals surface area contributed by atoms with Gasteiger partial charge in [0.05, 0.1) is 0 Å². The number of hydrogen-bond donors (Lipinski definition) is 0. The topological polar surface area (TPSA) is 60.4 Å². The molecule has 1 fully saturated rings. The minimum atomic E-state index is -2.16. The summed E-state index contributed by atoms with van der Waals surface area (Å²) in [4.78, 5) is 10.9. The zero-order valence-corrected chi connectivity index (χ0v) is 7.80. The molecule has 0 aromatic rings. The monoisotopic (exact) mass is 190 g/mol. The molecule has 0 aliphatic carbocycles. The minimum Gasteiger partial charge on any atom is -0.760 e. The first-order chi connectivity index (χ1) is 5.61. The Morgan fingerprint density at radius 3 is 2.83 bits per heavy atom. The zero-order chi connectivity index (χ0) is 9.14. The molecule has 0 amide bonds. The van der Waals surface area contributed by atoms with Gasteiger partial charge in [0.25, 0.3) is 0 Å². The lowest BCUT2D eigenvalue weighted by Gasteiger charge is -2.32. The molecule has 0 spiro atoms. The lowest BCUT2D eigenvalue weighted by atomic mass is 9.96. The van der Waals surface area contributed by atoms with Crippen LogP contribution in [0, 0.1) is 5.92 Å². The Balaban J connectivity index is 2.51. The van der Waals surface area contributed by atoms with E-state index in [1.165, 1.54) is 11.2 Å². The van der Waals surface area contributed by atoms with Gasteiger partial charge in [-0.1, -0.05) is 0 Å². The fourth-order valence-corrected chi connectivity index (χ4v) is 1.99. The standard InChI is InChI=1S/C7H13NO3S/c1-6(9)7-3-2-4-8(5-7)12(10)11/h7H,2-5H2,1H3,(H,10,11)/p-1. The molecule has 4 nitrogen and oxygen atoms in total. The predicted octanol–water partition coefficient (Wildman–Crippen LogP) is 0.0815. The normalized spacial score (nSPS) is 28.3. The second-order valence-corrected chi connectivity index (χ2v) is 4.01. The first kappa shape index (κ1) is 9.83. The van der Waals surface area contributed by atoms with Crippen molar-refractivity contribution in [3.05, 3.63) is 0 Å². The third-order valence-electron chi connectivity index (χ3n) is 2.17. The Kier molecular flexibility index (Phi) is 3.37. The van der Waals surface area contributed by atoms with Crippen LogP contribution >= 0.6 is 0 Å². The maximum atomic E-state index is 10.9. The van der Waals surface area contributed by atoms with E-state index in [0.29, 0.717) is 13.1 Å². The van der Waals surface area contributed by atoms with Crippen molar-refractivity contribution in [3.63, 3.8) is 0 Å². The Morgan fingerprint density at radius 1 is 1.67 bits per heavy atom. The molecule has 0 aromatic heterocycles. The van der Waals surface area contributed by atoms with Gasteiger partial charge in [0.2, 0.25) is 0 Å². The molecule has 1 rings (SSSR count). The Labute approximate surface area is 74.4 Å². The highest BCUT2D eigenvalue weighted by molar-refractivity contribution is 7.76. The Bertz CT molecular complexity index is 187. The third kappa shape index (κ3) is 2.36. The number of nitrogens with zero attached hydrogens (tertiary/aromatic N) is 1. The van der Waals surface area contributed by atoms with E-state index in [2.05, 4.69) is 0 Å². The van der Waals surface area contributed by atoms with Crippen LogP contribution in [0.1, 0.15) is 19.8 Å². The van der Waals surface area contributed by atoms with Gasteiger partial charge in [-0.05, 0) is 19.8 Å². The van der Waals surface area contributed by atoms with Crippen LogP contribution < -0.4 is 0 Å². The highest BCUT2D eigenvalue weighted by Gasteiger charge is 2.23. The summed E-state index contributed by atoms with van der Waals surface area (Å²) in [6.07, 6.45) is 1.61. The summed E-state index contributed by atoms with van der Waals surface area (Å²) >= 11 is -2.16. The van der Waals surface area contributed by atoms with E-state index in [1.54, 1.807) is 0 Å². The number of carbonyl (C=O) groups excluding carboxylic acids is 1. The summed E-state index contributed by atoms with van der Waals surface area (Å²) in [7, 11) is 0. The fourth-order valence-electron chi connectivity index (χ4n) is 1.41. The minimum absolute atomic E-state index is 0.0864. The van der Waals surface area contributed by atoms with Crippen molar-refractivity contribution in [3.8, 4) is 0 Å². The summed E-state index contributed by atoms with van der Waals surface area (Å²) in [6.45, 7) is 2.44. The molecule has 0 saturated carbocycles. The van der Waals surface area contributed by atoms with Gasteiger partial charge in [0.15, 0.2) is 0 Å². The number of piperidine rings is 1. The van der Waals surface area contributed by atoms with Crippen LogP contribution in [0.25, 0.3) is 0 Å². The van der Waals surface area contributed by atoms with Gasteiger partial charge in [-0.15, -0.1) is 0 Å². The summed E-state index contributed by atoms with van der Waals surface area (Å²) in [5.74, 6) is 0.00167. The lowest BCUT2D eigenvalue weighted by molar-refractivity contribution is -0.121. The zero-order valence-electron chi connectivity index (χ0n) is 6.99. The molecule has 1 saturated heterocycles. The summed E-state index contributed by atoms with van der Waals surface area (Å²) in [5.41, 5.74) is 0. The molecule has 0 N–H and O–H groups in total. The van der Waals surface area contributed by atoms with Gasteiger partial charge in [0.1, 0.15) is 5.78 Å². The molecule has 70 valence electrons. The second kappa shape index (κ2) is 4.11. The maximum absolute atomic E-state index is 10.9. The number of rotatable bonds is 2. The largest absolute Gasteiger partial charge is 0.760 e. The smallest absolute Gasteiger partial charge is 0.134 e. The van der Waals surface area contributed by atoms with Gasteiger partial charge in [-0.25, -0.2) is 4.31 Å². The van der Waals surface area contributed by atoms with E-state index < -0.39 is 11.3 Å². The SMILES string of the molecule is CC(=O)C1CCCN(S(=O)[O-])C1. The molecule has 12 heavy (non-hydrogen) atoms. The fraction of sp³-hybridized carbons (Fsp3) is 0.857. The van der Waals surface area contributed by atoms with E-state index in [1.807, 2.05) is 0 Å². The van der Waals surface area contributed by atoms with Gasteiger partial charge in [-0.2, -0.15) is 0 Å². The summed E-state index contributed by atoms with van der Waals surface area (Å²) in [5, 5.41) is 0. The maximum Gasteiger partial charge on any atom is 0.134 e. The van der Waals surface area contributed by atoms with Gasteiger partial charge >= 0.3 is 0 Å². The van der Waals surface area contributed by atoms with E-state index in [4.69, 9.17) is 0 Å². The predicted molar refractivity (Wildman–Crippen MR) is 43.9 cm³/mol. The average molecular weight is 190 g/mol. The highest BCUT2D eigenvalue weighted by atomic mass is 32.2. The van der Waals surface area contributed by atoms with E-state index in [9.17, 15) is 13.6 Å². The molecule has 1 heterocycles. The van der Waals surface area contributed by atoms with Gasteiger partial charge < -0.3 is 4.55 Å². The third-order valence-corrected chi connectivity index (χ3v) is 2.92. The van der Waals surface area contributed by atoms with Crippen molar-refractivity contribution >= 4 is 17.0 Å². The molecule has 2 unspecified atom stereocenters. The Morgan fingerprint density at radius 2 is 2.33 bits per heavy atom. The van der Waals surface area contributed by atoms with Crippen LogP contribution in [0.2, 0.25) is 0 Å². The number of Topliss-reactive ketones (excluding diaryl/α,β-unsaturated/α-hetero) is 1. The molecule has 0 radical (unpaired) electrons. The lowest BCUT2D eigenvalue weighted by Crippen LogP contribution is -2.38. The van der Waals surface area contributed by atoms with Crippen molar-refractivity contribution in [2.24, 2.45) is 5.92 Å². The van der Waals surface area contributed by atoms with Crippen LogP contribution in [-0.4, -0.2) is 31.9 Å². The molecule has 1 aliphatic rings. The first-order valence-electron chi connectivity index (χ1n) is 3.96. The van der Waals surface area contributed by atoms with Gasteiger partial charge in [0, 0.05) is 30.3 Å². The van der Waals surface area contributed by atoms with E-state index in [0.717, 1.165) is 12.8 Å². The number of ketones is 1. The molecule has 0 bridgehead atoms. The average Bonchev–Trinajstić information content (AvgIpc) is 2.04. The molecule has 5 heteroatoms. The van der Waals surface area contributed by atoms with Crippen LogP contribution in [0.3, 0.4) is 0 Å². The molecule has 2 atom stereocenters. The van der Waals surface area contributed by atoms with Crippen molar-refractivity contribution in [1.82, 2.24) is 4.31 Å². The quantitative estimate of drug-likeness (QED) is 0.579. The van der Waals surface area contributed by atoms with Crippen molar-refractivity contribution in [2.45, 2.75) is 19.8 Å². The second-order valence-electron chi connectivity index (χ2n) is 3.05. The molecule has 1 aliphatic heterocycles. The van der Waals surface area contributed by atoms with Crippen molar-refractivity contribution in [2.75, 3.05) is 13.1 Å². The van der Waals surface area contributed by atoms with Crippen LogP contribution in [0.4, 0.5) is 0 Å².